The molecule has 3 heterocycles. The molecular formula is C19H25N3O4S. The zero-order valence-corrected chi connectivity index (χ0v) is 16.8. The van der Waals surface area contributed by atoms with Gasteiger partial charge in [-0.3, -0.25) is 14.2 Å². The van der Waals surface area contributed by atoms with Gasteiger partial charge in [-0.1, -0.05) is 12.8 Å². The van der Waals surface area contributed by atoms with E-state index >= 15 is 0 Å². The second kappa shape index (κ2) is 8.21. The lowest BCUT2D eigenvalue weighted by Crippen LogP contribution is -2.37. The third-order valence-corrected chi connectivity index (χ3v) is 5.89. The summed E-state index contributed by atoms with van der Waals surface area (Å²) in [6, 6.07) is 0. The molecule has 0 bridgehead atoms. The van der Waals surface area contributed by atoms with E-state index in [1.54, 1.807) is 20.8 Å². The maximum absolute atomic E-state index is 12.9. The molecule has 7 nitrogen and oxygen atoms in total. The topological polar surface area (TPSA) is 81.5 Å². The van der Waals surface area contributed by atoms with Gasteiger partial charge in [0.25, 0.3) is 5.56 Å². The Balaban J connectivity index is 1.88. The van der Waals surface area contributed by atoms with Crippen LogP contribution >= 0.6 is 11.3 Å². The minimum Gasteiger partial charge on any atom is -0.459 e. The van der Waals surface area contributed by atoms with Crippen LogP contribution in [0, 0.1) is 6.92 Å². The number of thiophene rings is 1. The Morgan fingerprint density at radius 1 is 1.22 bits per heavy atom. The number of hydrogen-bond acceptors (Lipinski definition) is 6. The number of esters is 1. The van der Waals surface area contributed by atoms with Gasteiger partial charge in [0.2, 0.25) is 5.91 Å². The number of rotatable bonds is 4. The van der Waals surface area contributed by atoms with E-state index < -0.39 is 5.97 Å². The fraction of sp³-hybridized carbons (Fsp3) is 0.579. The van der Waals surface area contributed by atoms with Crippen LogP contribution < -0.4 is 5.56 Å². The van der Waals surface area contributed by atoms with Crippen molar-refractivity contribution in [2.75, 3.05) is 13.1 Å². The molecule has 2 aromatic rings. The molecule has 0 radical (unpaired) electrons. The van der Waals surface area contributed by atoms with E-state index in [1.807, 2.05) is 4.90 Å². The highest BCUT2D eigenvalue weighted by Crippen LogP contribution is 2.27. The van der Waals surface area contributed by atoms with Gasteiger partial charge in [0.05, 0.1) is 17.8 Å². The second-order valence-corrected chi connectivity index (χ2v) is 8.16. The third kappa shape index (κ3) is 4.21. The van der Waals surface area contributed by atoms with Crippen molar-refractivity contribution in [3.63, 3.8) is 0 Å². The van der Waals surface area contributed by atoms with Crippen LogP contribution in [0.3, 0.4) is 0 Å². The molecule has 1 aliphatic rings. The third-order valence-electron chi connectivity index (χ3n) is 4.71. The van der Waals surface area contributed by atoms with Crippen LogP contribution in [-0.2, 0) is 16.1 Å². The number of likely N-dealkylation sites (tertiary alicyclic amines) is 1. The summed E-state index contributed by atoms with van der Waals surface area (Å²) in [5, 5.41) is 0.391. The van der Waals surface area contributed by atoms with Crippen molar-refractivity contribution in [1.29, 1.82) is 0 Å². The average molecular weight is 391 g/mol. The number of amides is 1. The molecule has 0 aliphatic carbocycles. The minimum atomic E-state index is -0.447. The summed E-state index contributed by atoms with van der Waals surface area (Å²) in [5.41, 5.74) is 0.273. The van der Waals surface area contributed by atoms with Gasteiger partial charge in [-0.2, -0.15) is 0 Å². The van der Waals surface area contributed by atoms with Crippen molar-refractivity contribution >= 4 is 33.4 Å². The number of aryl methyl sites for hydroxylation is 1. The van der Waals surface area contributed by atoms with E-state index in [0.29, 0.717) is 20.7 Å². The number of carbonyl (C=O) groups excluding carboxylic acids is 2. The number of nitrogens with zero attached hydrogens (tertiary/aromatic N) is 3. The monoisotopic (exact) mass is 391 g/mol. The zero-order valence-electron chi connectivity index (χ0n) is 16.0. The summed E-state index contributed by atoms with van der Waals surface area (Å²) in [7, 11) is 0. The van der Waals surface area contributed by atoms with E-state index in [4.69, 9.17) is 4.74 Å². The van der Waals surface area contributed by atoms with E-state index in [0.717, 1.165) is 50.1 Å². The van der Waals surface area contributed by atoms with Gasteiger partial charge in [-0.05, 0) is 39.2 Å². The van der Waals surface area contributed by atoms with Gasteiger partial charge < -0.3 is 9.64 Å². The van der Waals surface area contributed by atoms with Crippen molar-refractivity contribution in [3.05, 3.63) is 27.1 Å². The number of carbonyl (C=O) groups is 2. The van der Waals surface area contributed by atoms with Crippen molar-refractivity contribution in [3.8, 4) is 0 Å². The molecule has 27 heavy (non-hydrogen) atoms. The standard InChI is InChI=1S/C19H25N3O4S/c1-12(2)26-19(25)16-13(3)15-17(27-16)20-11-22(18(15)24)10-14(23)21-8-6-4-5-7-9-21/h11-12H,4-10H2,1-3H3. The highest BCUT2D eigenvalue weighted by molar-refractivity contribution is 7.20. The Labute approximate surface area is 161 Å². The molecule has 8 heteroatoms. The van der Waals surface area contributed by atoms with Crippen molar-refractivity contribution < 1.29 is 14.3 Å². The van der Waals surface area contributed by atoms with Crippen LogP contribution in [0.25, 0.3) is 10.2 Å². The van der Waals surface area contributed by atoms with Crippen LogP contribution in [-0.4, -0.2) is 45.5 Å². The number of hydrogen-bond donors (Lipinski definition) is 0. The molecule has 0 spiro atoms. The van der Waals surface area contributed by atoms with Crippen LogP contribution in [0.4, 0.5) is 0 Å². The summed E-state index contributed by atoms with van der Waals surface area (Å²) >= 11 is 1.15. The first-order valence-corrected chi connectivity index (χ1v) is 10.2. The molecule has 1 amide bonds. The Hall–Kier alpha value is -2.22. The highest BCUT2D eigenvalue weighted by atomic mass is 32.1. The smallest absolute Gasteiger partial charge is 0.348 e. The van der Waals surface area contributed by atoms with E-state index in [1.165, 1.54) is 10.9 Å². The molecule has 1 aliphatic heterocycles. The SMILES string of the molecule is Cc1c(C(=O)OC(C)C)sc2ncn(CC(=O)N3CCCCCC3)c(=O)c12. The fourth-order valence-corrected chi connectivity index (χ4v) is 4.32. The van der Waals surface area contributed by atoms with Gasteiger partial charge in [0.15, 0.2) is 0 Å². The normalized spacial score (nSPS) is 15.2. The van der Waals surface area contributed by atoms with E-state index in [2.05, 4.69) is 4.98 Å². The first-order valence-electron chi connectivity index (χ1n) is 9.35. The molecular weight excluding hydrogens is 366 g/mol. The highest BCUT2D eigenvalue weighted by Gasteiger charge is 2.22. The van der Waals surface area contributed by atoms with Crippen LogP contribution in [0.15, 0.2) is 11.1 Å². The molecule has 146 valence electrons. The molecule has 1 saturated heterocycles. The minimum absolute atomic E-state index is 0.0250. The molecule has 2 aromatic heterocycles. The lowest BCUT2D eigenvalue weighted by Gasteiger charge is -2.20. The van der Waals surface area contributed by atoms with Crippen molar-refractivity contribution in [1.82, 2.24) is 14.5 Å². The Kier molecular flexibility index (Phi) is 5.94. The molecule has 0 N–H and O–H groups in total. The first kappa shape index (κ1) is 19.5. The fourth-order valence-electron chi connectivity index (χ4n) is 3.30. The summed E-state index contributed by atoms with van der Waals surface area (Å²) in [4.78, 5) is 44.8. The summed E-state index contributed by atoms with van der Waals surface area (Å²) in [6.45, 7) is 6.74. The van der Waals surface area contributed by atoms with Crippen LogP contribution in [0.5, 0.6) is 0 Å². The zero-order chi connectivity index (χ0) is 19.6. The van der Waals surface area contributed by atoms with Crippen molar-refractivity contribution in [2.24, 2.45) is 0 Å². The molecule has 0 saturated carbocycles. The summed E-state index contributed by atoms with van der Waals surface area (Å²) in [5.74, 6) is -0.510. The molecule has 0 aromatic carbocycles. The quantitative estimate of drug-likeness (QED) is 0.749. The summed E-state index contributed by atoms with van der Waals surface area (Å²) < 4.78 is 6.59. The second-order valence-electron chi connectivity index (χ2n) is 7.16. The molecule has 1 fully saturated rings. The van der Waals surface area contributed by atoms with Gasteiger partial charge in [0, 0.05) is 13.1 Å². The van der Waals surface area contributed by atoms with Gasteiger partial charge >= 0.3 is 5.97 Å². The lowest BCUT2D eigenvalue weighted by atomic mass is 10.2. The van der Waals surface area contributed by atoms with Gasteiger partial charge in [-0.25, -0.2) is 9.78 Å². The number of ether oxygens (including phenoxy) is 1. The predicted octanol–water partition coefficient (Wildman–Crippen LogP) is 2.73. The van der Waals surface area contributed by atoms with Crippen LogP contribution in [0.1, 0.15) is 54.8 Å². The summed E-state index contributed by atoms with van der Waals surface area (Å²) in [6.07, 6.45) is 5.44. The van der Waals surface area contributed by atoms with Gasteiger partial charge in [0.1, 0.15) is 16.3 Å². The first-order chi connectivity index (χ1) is 12.9. The Bertz CT molecular complexity index is 908. The molecule has 3 rings (SSSR count). The number of aromatic nitrogens is 2. The maximum Gasteiger partial charge on any atom is 0.348 e. The van der Waals surface area contributed by atoms with E-state index in [9.17, 15) is 14.4 Å². The van der Waals surface area contributed by atoms with Crippen molar-refractivity contribution in [2.45, 2.75) is 59.1 Å². The molecule has 0 unspecified atom stereocenters. The van der Waals surface area contributed by atoms with E-state index in [-0.39, 0.29) is 24.1 Å². The Morgan fingerprint density at radius 3 is 2.52 bits per heavy atom. The molecule has 0 atom stereocenters. The Morgan fingerprint density at radius 2 is 1.89 bits per heavy atom. The largest absolute Gasteiger partial charge is 0.459 e. The predicted molar refractivity (Wildman–Crippen MR) is 104 cm³/mol. The average Bonchev–Trinajstić information content (AvgIpc) is 2.79. The lowest BCUT2D eigenvalue weighted by molar-refractivity contribution is -0.131. The van der Waals surface area contributed by atoms with Gasteiger partial charge in [-0.15, -0.1) is 11.3 Å². The maximum atomic E-state index is 12.9. The number of fused-ring (bicyclic) bond motifs is 1. The van der Waals surface area contributed by atoms with Crippen LogP contribution in [0.2, 0.25) is 0 Å².